The van der Waals surface area contributed by atoms with E-state index in [1.807, 2.05) is 54.7 Å². The molecule has 2 aromatic rings. The summed E-state index contributed by atoms with van der Waals surface area (Å²) >= 11 is 0. The lowest BCUT2D eigenvalue weighted by molar-refractivity contribution is -0.699. The second-order valence-electron chi connectivity index (χ2n) is 5.28. The van der Waals surface area contributed by atoms with Crippen molar-refractivity contribution in [1.29, 1.82) is 0 Å². The van der Waals surface area contributed by atoms with Gasteiger partial charge in [-0.25, -0.2) is 0 Å². The van der Waals surface area contributed by atoms with Crippen molar-refractivity contribution >= 4 is 18.1 Å². The molecular weight excluding hydrogens is 326 g/mol. The fourth-order valence-corrected chi connectivity index (χ4v) is 2.33. The zero-order valence-electron chi connectivity index (χ0n) is 13.7. The lowest BCUT2D eigenvalue weighted by atomic mass is 10.1. The molecule has 0 atom stereocenters. The van der Waals surface area contributed by atoms with Gasteiger partial charge in [-0.15, -0.1) is 0 Å². The number of hydrogen-bond acceptors (Lipinski definition) is 2. The van der Waals surface area contributed by atoms with E-state index in [1.54, 1.807) is 7.11 Å². The number of hydrogen-bond donors (Lipinski definition) is 1. The molecule has 0 saturated heterocycles. The molecule has 128 valence electrons. The van der Waals surface area contributed by atoms with Gasteiger partial charge in [0.1, 0.15) is 12.3 Å². The number of carbonyl (C=O) groups is 1. The van der Waals surface area contributed by atoms with Crippen molar-refractivity contribution in [2.75, 3.05) is 7.11 Å². The highest BCUT2D eigenvalue weighted by atomic mass is 35.5. The first-order valence-electron chi connectivity index (χ1n) is 7.71. The third-order valence-electron chi connectivity index (χ3n) is 3.56. The molecule has 24 heavy (non-hydrogen) atoms. The molecule has 0 unspecified atom stereocenters. The van der Waals surface area contributed by atoms with Crippen molar-refractivity contribution < 1.29 is 31.6 Å². The van der Waals surface area contributed by atoms with E-state index < -0.39 is 5.97 Å². The van der Waals surface area contributed by atoms with E-state index in [1.165, 1.54) is 0 Å². The number of nitrogens with zero attached hydrogens (tertiary/aromatic N) is 1. The molecule has 0 fully saturated rings. The van der Waals surface area contributed by atoms with Gasteiger partial charge in [0.15, 0.2) is 6.20 Å². The van der Waals surface area contributed by atoms with Gasteiger partial charge in [-0.05, 0) is 36.3 Å². The van der Waals surface area contributed by atoms with Crippen LogP contribution in [0.15, 0.2) is 48.7 Å². The van der Waals surface area contributed by atoms with Gasteiger partial charge in [0, 0.05) is 31.1 Å². The number of unbranched alkanes of at least 4 members (excludes halogenated alkanes) is 1. The van der Waals surface area contributed by atoms with Crippen LogP contribution in [0.25, 0.3) is 12.2 Å². The number of methoxy groups -OCH3 is 1. The number of pyridine rings is 1. The Morgan fingerprint density at radius 1 is 1.17 bits per heavy atom. The molecule has 1 heterocycles. The van der Waals surface area contributed by atoms with Crippen LogP contribution in [0, 0.1) is 0 Å². The Labute approximate surface area is 148 Å². The Bertz CT molecular complexity index is 686. The van der Waals surface area contributed by atoms with Crippen LogP contribution < -0.4 is 21.7 Å². The predicted octanol–water partition coefficient (Wildman–Crippen LogP) is 0.412. The first kappa shape index (κ1) is 19.7. The Morgan fingerprint density at radius 3 is 2.75 bits per heavy atom. The predicted molar refractivity (Wildman–Crippen MR) is 90.0 cm³/mol. The monoisotopic (exact) mass is 347 g/mol. The zero-order chi connectivity index (χ0) is 16.5. The standard InChI is InChI=1S/C19H21NO3.ClH/c1-23-18-9-6-7-16(15-18)11-12-17-8-2-4-13-20(17)14-5-3-10-19(21)22;/h2,4,6-9,11-13,15H,3,5,10,14H2,1H3;1H/b12-11+;. The number of halogens is 1. The highest BCUT2D eigenvalue weighted by Gasteiger charge is 2.07. The van der Waals surface area contributed by atoms with Crippen molar-refractivity contribution in [2.45, 2.75) is 25.8 Å². The minimum Gasteiger partial charge on any atom is -1.00 e. The van der Waals surface area contributed by atoms with Crippen molar-refractivity contribution in [1.82, 2.24) is 0 Å². The summed E-state index contributed by atoms with van der Waals surface area (Å²) in [5.41, 5.74) is 2.16. The fraction of sp³-hybridized carbons (Fsp3) is 0.263. The van der Waals surface area contributed by atoms with Crippen LogP contribution in [0.5, 0.6) is 5.75 Å². The topological polar surface area (TPSA) is 50.4 Å². The maximum atomic E-state index is 10.6. The Hall–Kier alpha value is -2.33. The van der Waals surface area contributed by atoms with E-state index in [4.69, 9.17) is 9.84 Å². The van der Waals surface area contributed by atoms with Crippen LogP contribution in [0.2, 0.25) is 0 Å². The van der Waals surface area contributed by atoms with Gasteiger partial charge in [0.05, 0.1) is 7.11 Å². The molecule has 1 aromatic carbocycles. The van der Waals surface area contributed by atoms with Crippen molar-refractivity contribution in [3.8, 4) is 5.75 Å². The van der Waals surface area contributed by atoms with E-state index in [-0.39, 0.29) is 18.8 Å². The Morgan fingerprint density at radius 2 is 2.00 bits per heavy atom. The SMILES string of the molecule is COc1cccc(/C=C/c2cccc[n+]2CCCCC(=O)O)c1.[Cl-]. The Balaban J connectivity index is 0.00000288. The number of carboxylic acid groups (broad SMARTS) is 1. The molecule has 0 aliphatic rings. The summed E-state index contributed by atoms with van der Waals surface area (Å²) in [7, 11) is 1.66. The summed E-state index contributed by atoms with van der Waals surface area (Å²) in [5, 5.41) is 8.69. The summed E-state index contributed by atoms with van der Waals surface area (Å²) in [6.45, 7) is 0.811. The molecule has 0 radical (unpaired) electrons. The van der Waals surface area contributed by atoms with Crippen LogP contribution in [-0.2, 0) is 11.3 Å². The van der Waals surface area contributed by atoms with Gasteiger partial charge in [-0.1, -0.05) is 12.1 Å². The molecule has 2 rings (SSSR count). The van der Waals surface area contributed by atoms with Gasteiger partial charge < -0.3 is 22.3 Å². The first-order valence-corrected chi connectivity index (χ1v) is 7.71. The molecule has 1 aromatic heterocycles. The average Bonchev–Trinajstić information content (AvgIpc) is 2.57. The molecule has 0 aliphatic heterocycles. The summed E-state index contributed by atoms with van der Waals surface area (Å²) in [6.07, 6.45) is 7.89. The lowest BCUT2D eigenvalue weighted by Crippen LogP contribution is -3.00. The second kappa shape index (κ2) is 10.4. The Kier molecular flexibility index (Phi) is 8.58. The van der Waals surface area contributed by atoms with Gasteiger partial charge in [-0.2, -0.15) is 4.57 Å². The highest BCUT2D eigenvalue weighted by Crippen LogP contribution is 2.14. The third-order valence-corrected chi connectivity index (χ3v) is 3.56. The van der Waals surface area contributed by atoms with E-state index in [9.17, 15) is 4.79 Å². The molecule has 0 saturated carbocycles. The summed E-state index contributed by atoms with van der Waals surface area (Å²) in [5.74, 6) is 0.1000. The first-order chi connectivity index (χ1) is 11.2. The van der Waals surface area contributed by atoms with E-state index in [0.29, 0.717) is 6.42 Å². The minimum atomic E-state index is -0.735. The normalized spacial score (nSPS) is 10.4. The number of ether oxygens (including phenoxy) is 1. The molecule has 0 aliphatic carbocycles. The van der Waals surface area contributed by atoms with Crippen LogP contribution in [0.3, 0.4) is 0 Å². The maximum Gasteiger partial charge on any atom is 0.303 e. The van der Waals surface area contributed by atoms with E-state index >= 15 is 0 Å². The van der Waals surface area contributed by atoms with Crippen molar-refractivity contribution in [3.05, 3.63) is 59.9 Å². The minimum absolute atomic E-state index is 0. The zero-order valence-corrected chi connectivity index (χ0v) is 14.4. The van der Waals surface area contributed by atoms with Crippen LogP contribution in [-0.4, -0.2) is 18.2 Å². The van der Waals surface area contributed by atoms with Crippen molar-refractivity contribution in [2.24, 2.45) is 0 Å². The van der Waals surface area contributed by atoms with Gasteiger partial charge in [-0.3, -0.25) is 4.79 Å². The van der Waals surface area contributed by atoms with Crippen LogP contribution in [0.4, 0.5) is 0 Å². The molecule has 4 nitrogen and oxygen atoms in total. The summed E-state index contributed by atoms with van der Waals surface area (Å²) < 4.78 is 7.37. The molecular formula is C19H22ClNO3. The van der Waals surface area contributed by atoms with Gasteiger partial charge >= 0.3 is 5.97 Å². The van der Waals surface area contributed by atoms with Gasteiger partial charge in [0.2, 0.25) is 5.69 Å². The van der Waals surface area contributed by atoms with E-state index in [2.05, 4.69) is 10.6 Å². The number of benzene rings is 1. The number of aliphatic carboxylic acids is 1. The van der Waals surface area contributed by atoms with E-state index in [0.717, 1.165) is 30.0 Å². The molecule has 5 heteroatoms. The smallest absolute Gasteiger partial charge is 0.303 e. The second-order valence-corrected chi connectivity index (χ2v) is 5.28. The largest absolute Gasteiger partial charge is 1.00 e. The highest BCUT2D eigenvalue weighted by molar-refractivity contribution is 5.67. The molecule has 0 amide bonds. The average molecular weight is 348 g/mol. The molecule has 0 spiro atoms. The third kappa shape index (κ3) is 6.42. The van der Waals surface area contributed by atoms with Crippen LogP contribution in [0.1, 0.15) is 30.5 Å². The number of aryl methyl sites for hydroxylation is 1. The van der Waals surface area contributed by atoms with Crippen LogP contribution >= 0.6 is 0 Å². The van der Waals surface area contributed by atoms with Gasteiger partial charge in [0.25, 0.3) is 0 Å². The van der Waals surface area contributed by atoms with Crippen molar-refractivity contribution in [3.63, 3.8) is 0 Å². The number of aromatic nitrogens is 1. The number of rotatable bonds is 8. The maximum absolute atomic E-state index is 10.6. The lowest BCUT2D eigenvalue weighted by Gasteiger charge is -2.01. The quantitative estimate of drug-likeness (QED) is 0.556. The summed E-state index contributed by atoms with van der Waals surface area (Å²) in [4.78, 5) is 10.6. The summed E-state index contributed by atoms with van der Waals surface area (Å²) in [6, 6.07) is 13.9. The number of carboxylic acids is 1. The molecule has 1 N–H and O–H groups in total. The molecule has 0 bridgehead atoms. The fourth-order valence-electron chi connectivity index (χ4n) is 2.33.